The van der Waals surface area contributed by atoms with E-state index in [2.05, 4.69) is 43.6 Å². The molecule has 39 heavy (non-hydrogen) atoms. The molecule has 0 bridgehead atoms. The van der Waals surface area contributed by atoms with Crippen molar-refractivity contribution in [3.63, 3.8) is 0 Å². The van der Waals surface area contributed by atoms with Crippen LogP contribution in [0.5, 0.6) is 5.75 Å². The molecule has 1 aromatic heterocycles. The maximum Gasteiger partial charge on any atom is 0.270 e. The van der Waals surface area contributed by atoms with Gasteiger partial charge in [0.25, 0.3) is 5.91 Å². The minimum absolute atomic E-state index is 0.120. The van der Waals surface area contributed by atoms with Crippen molar-refractivity contribution in [3.05, 3.63) is 83.7 Å². The summed E-state index contributed by atoms with van der Waals surface area (Å²) >= 11 is 0. The summed E-state index contributed by atoms with van der Waals surface area (Å²) in [5.41, 5.74) is 4.41. The topological polar surface area (TPSA) is 93.5 Å². The smallest absolute Gasteiger partial charge is 0.270 e. The van der Waals surface area contributed by atoms with Crippen molar-refractivity contribution >= 4 is 17.3 Å². The molecule has 202 valence electrons. The third kappa shape index (κ3) is 6.75. The summed E-state index contributed by atoms with van der Waals surface area (Å²) in [6, 6.07) is 22.4. The van der Waals surface area contributed by atoms with Gasteiger partial charge in [0.2, 0.25) is 0 Å². The lowest BCUT2D eigenvalue weighted by Crippen LogP contribution is -2.44. The lowest BCUT2D eigenvalue weighted by Gasteiger charge is -2.36. The van der Waals surface area contributed by atoms with E-state index in [4.69, 9.17) is 10.00 Å². The molecule has 2 aliphatic rings. The summed E-state index contributed by atoms with van der Waals surface area (Å²) in [7, 11) is 1.67. The van der Waals surface area contributed by atoms with Crippen LogP contribution < -0.4 is 20.3 Å². The maximum absolute atomic E-state index is 13.0. The fourth-order valence-electron chi connectivity index (χ4n) is 5.48. The van der Waals surface area contributed by atoms with Gasteiger partial charge in [0.15, 0.2) is 0 Å². The first-order chi connectivity index (χ1) is 19.1. The zero-order valence-corrected chi connectivity index (χ0v) is 22.5. The Bertz CT molecular complexity index is 1260. The number of amides is 1. The first-order valence-corrected chi connectivity index (χ1v) is 13.8. The highest BCUT2D eigenvalue weighted by atomic mass is 16.5. The van der Waals surface area contributed by atoms with E-state index in [1.54, 1.807) is 7.11 Å². The summed E-state index contributed by atoms with van der Waals surface area (Å²) in [4.78, 5) is 22.3. The minimum atomic E-state index is -0.120. The van der Waals surface area contributed by atoms with Crippen LogP contribution in [-0.2, 0) is 6.54 Å². The zero-order chi connectivity index (χ0) is 27.0. The molecular weight excluding hydrogens is 488 g/mol. The average Bonchev–Trinajstić information content (AvgIpc) is 3.00. The fourth-order valence-corrected chi connectivity index (χ4v) is 5.48. The number of nitrogens with one attached hydrogen (secondary N) is 2. The molecule has 0 spiro atoms. The van der Waals surface area contributed by atoms with Crippen LogP contribution in [-0.4, -0.2) is 61.2 Å². The molecule has 2 aromatic carbocycles. The van der Waals surface area contributed by atoms with Crippen LogP contribution in [0.4, 0.5) is 11.4 Å². The number of carbonyl (C=O) groups excluding carboxylic acids is 1. The van der Waals surface area contributed by atoms with Crippen LogP contribution >= 0.6 is 0 Å². The van der Waals surface area contributed by atoms with Gasteiger partial charge in [-0.2, -0.15) is 5.26 Å². The van der Waals surface area contributed by atoms with Gasteiger partial charge in [0, 0.05) is 37.4 Å². The Morgan fingerprint density at radius 1 is 1.03 bits per heavy atom. The first kappa shape index (κ1) is 26.7. The van der Waals surface area contributed by atoms with Crippen LogP contribution in [0.3, 0.4) is 0 Å². The highest BCUT2D eigenvalue weighted by Gasteiger charge is 2.25. The number of piperidine rings is 2. The summed E-state index contributed by atoms with van der Waals surface area (Å²) in [6.07, 6.45) is 5.71. The monoisotopic (exact) mass is 524 g/mol. The van der Waals surface area contributed by atoms with E-state index < -0.39 is 0 Å². The Kier molecular flexibility index (Phi) is 8.71. The van der Waals surface area contributed by atoms with Gasteiger partial charge in [-0.15, -0.1) is 0 Å². The van der Waals surface area contributed by atoms with Gasteiger partial charge in [-0.05, 0) is 92.9 Å². The normalized spacial score (nSPS) is 16.8. The van der Waals surface area contributed by atoms with Gasteiger partial charge in [-0.1, -0.05) is 12.1 Å². The third-order valence-corrected chi connectivity index (χ3v) is 7.70. The SMILES string of the molecule is COc1ccc(N(c2ccc(C(=O)NC3CCN(Cc4ccc(C#N)cc4)CC3)nc2)C2CCNCC2)cc1. The van der Waals surface area contributed by atoms with E-state index in [9.17, 15) is 4.79 Å². The quantitative estimate of drug-likeness (QED) is 0.455. The lowest BCUT2D eigenvalue weighted by molar-refractivity contribution is 0.0904. The lowest BCUT2D eigenvalue weighted by atomic mass is 10.0. The van der Waals surface area contributed by atoms with Crippen molar-refractivity contribution in [1.82, 2.24) is 20.5 Å². The Morgan fingerprint density at radius 2 is 1.72 bits per heavy atom. The number of hydrogen-bond donors (Lipinski definition) is 2. The van der Waals surface area contributed by atoms with Crippen molar-refractivity contribution in [3.8, 4) is 11.8 Å². The molecule has 2 fully saturated rings. The van der Waals surface area contributed by atoms with Crippen LogP contribution in [0.1, 0.15) is 47.3 Å². The van der Waals surface area contributed by atoms with E-state index in [-0.39, 0.29) is 11.9 Å². The second-order valence-corrected chi connectivity index (χ2v) is 10.3. The molecule has 3 heterocycles. The highest BCUT2D eigenvalue weighted by molar-refractivity contribution is 5.92. The van der Waals surface area contributed by atoms with Crippen molar-refractivity contribution < 1.29 is 9.53 Å². The Hall–Kier alpha value is -3.93. The second kappa shape index (κ2) is 12.7. The summed E-state index contributed by atoms with van der Waals surface area (Å²) in [6.45, 7) is 4.67. The molecule has 8 heteroatoms. The predicted molar refractivity (Wildman–Crippen MR) is 152 cm³/mol. The van der Waals surface area contributed by atoms with E-state index in [1.165, 1.54) is 5.56 Å². The van der Waals surface area contributed by atoms with E-state index in [1.807, 2.05) is 54.7 Å². The molecule has 0 aliphatic carbocycles. The van der Waals surface area contributed by atoms with Crippen molar-refractivity contribution in [1.29, 1.82) is 5.26 Å². The van der Waals surface area contributed by atoms with Crippen LogP contribution in [0.2, 0.25) is 0 Å². The number of anilines is 2. The Labute approximate surface area is 230 Å². The summed E-state index contributed by atoms with van der Waals surface area (Å²) in [5, 5.41) is 15.6. The van der Waals surface area contributed by atoms with Crippen molar-refractivity contribution in [2.24, 2.45) is 0 Å². The Morgan fingerprint density at radius 3 is 2.33 bits per heavy atom. The van der Waals surface area contributed by atoms with E-state index in [0.717, 1.165) is 75.5 Å². The average molecular weight is 525 g/mol. The minimum Gasteiger partial charge on any atom is -0.497 e. The second-order valence-electron chi connectivity index (χ2n) is 10.3. The molecule has 2 N–H and O–H groups in total. The molecule has 2 saturated heterocycles. The maximum atomic E-state index is 13.0. The molecule has 3 aromatic rings. The third-order valence-electron chi connectivity index (χ3n) is 7.70. The molecule has 0 atom stereocenters. The number of rotatable bonds is 8. The number of carbonyl (C=O) groups is 1. The molecule has 5 rings (SSSR count). The van der Waals surface area contributed by atoms with Gasteiger partial charge in [-0.25, -0.2) is 4.98 Å². The molecule has 0 unspecified atom stereocenters. The van der Waals surface area contributed by atoms with Crippen LogP contribution in [0, 0.1) is 11.3 Å². The summed E-state index contributed by atoms with van der Waals surface area (Å²) in [5.74, 6) is 0.708. The number of benzene rings is 2. The number of ether oxygens (including phenoxy) is 1. The number of aromatic nitrogens is 1. The highest BCUT2D eigenvalue weighted by Crippen LogP contribution is 2.32. The van der Waals surface area contributed by atoms with Crippen LogP contribution in [0.25, 0.3) is 0 Å². The number of hydrogen-bond acceptors (Lipinski definition) is 7. The molecular formula is C31H36N6O2. The summed E-state index contributed by atoms with van der Waals surface area (Å²) < 4.78 is 5.35. The number of pyridine rings is 1. The first-order valence-electron chi connectivity index (χ1n) is 13.8. The van der Waals surface area contributed by atoms with Gasteiger partial charge in [0.05, 0.1) is 30.6 Å². The number of nitrogens with zero attached hydrogens (tertiary/aromatic N) is 4. The van der Waals surface area contributed by atoms with E-state index in [0.29, 0.717) is 17.3 Å². The molecule has 0 saturated carbocycles. The molecule has 2 aliphatic heterocycles. The van der Waals surface area contributed by atoms with E-state index >= 15 is 0 Å². The Balaban J connectivity index is 1.19. The standard InChI is InChI=1S/C31H36N6O2/c1-39-29-9-6-26(7-10-29)37(27-12-16-33-17-13-27)28-8-11-30(34-21-28)31(38)35-25-14-18-36(19-15-25)22-24-4-2-23(20-32)3-5-24/h2-11,21,25,27,33H,12-19,22H2,1H3,(H,35,38). The zero-order valence-electron chi connectivity index (χ0n) is 22.5. The van der Waals surface area contributed by atoms with Crippen molar-refractivity contribution in [2.75, 3.05) is 38.2 Å². The molecule has 0 radical (unpaired) electrons. The predicted octanol–water partition coefficient (Wildman–Crippen LogP) is 4.25. The fraction of sp³-hybridized carbons (Fsp3) is 0.387. The largest absolute Gasteiger partial charge is 0.497 e. The number of methoxy groups -OCH3 is 1. The van der Waals surface area contributed by atoms with Gasteiger partial charge in [0.1, 0.15) is 11.4 Å². The number of nitriles is 1. The van der Waals surface area contributed by atoms with Crippen LogP contribution in [0.15, 0.2) is 66.9 Å². The molecule has 8 nitrogen and oxygen atoms in total. The van der Waals surface area contributed by atoms with Gasteiger partial charge < -0.3 is 20.3 Å². The van der Waals surface area contributed by atoms with Gasteiger partial charge in [-0.3, -0.25) is 9.69 Å². The molecule has 1 amide bonds. The number of likely N-dealkylation sites (tertiary alicyclic amines) is 1. The van der Waals surface area contributed by atoms with Gasteiger partial charge >= 0.3 is 0 Å². The van der Waals surface area contributed by atoms with Crippen molar-refractivity contribution in [2.45, 2.75) is 44.3 Å².